The quantitative estimate of drug-likeness (QED) is 0.386. The van der Waals surface area contributed by atoms with E-state index in [1.807, 2.05) is 6.07 Å². The van der Waals surface area contributed by atoms with Gasteiger partial charge in [-0.25, -0.2) is 0 Å². The summed E-state index contributed by atoms with van der Waals surface area (Å²) in [5, 5.41) is 27.8. The standard InChI is InChI=1S/C20H14O3/c21-17-13-8-11-5-4-9-2-1-3-10-6-7-12(15(11)14(9)10)16(13)19-20(23-19)18(17)22/h1-8,17-22H/t17-,18-,19+,20+/m1/s1. The van der Waals surface area contributed by atoms with Crippen molar-refractivity contribution in [1.82, 2.24) is 0 Å². The second-order valence-corrected chi connectivity index (χ2v) is 6.69. The number of rotatable bonds is 0. The van der Waals surface area contributed by atoms with Crippen molar-refractivity contribution in [1.29, 1.82) is 0 Å². The molecule has 0 bridgehead atoms. The monoisotopic (exact) mass is 302 g/mol. The molecule has 2 aliphatic rings. The average molecular weight is 302 g/mol. The lowest BCUT2D eigenvalue weighted by Gasteiger charge is -2.25. The van der Waals surface area contributed by atoms with Crippen molar-refractivity contribution < 1.29 is 14.9 Å². The van der Waals surface area contributed by atoms with E-state index in [1.165, 1.54) is 21.5 Å². The van der Waals surface area contributed by atoms with E-state index in [0.717, 1.165) is 21.9 Å². The molecule has 3 heteroatoms. The fraction of sp³-hybridized carbons (Fsp3) is 0.200. The normalized spacial score (nSPS) is 29.1. The molecule has 4 aromatic carbocycles. The Hall–Kier alpha value is -2.20. The zero-order chi connectivity index (χ0) is 15.3. The van der Waals surface area contributed by atoms with Gasteiger partial charge in [0.2, 0.25) is 0 Å². The van der Waals surface area contributed by atoms with Crippen LogP contribution in [0, 0.1) is 0 Å². The molecular weight excluding hydrogens is 288 g/mol. The van der Waals surface area contributed by atoms with Crippen LogP contribution in [0.1, 0.15) is 23.3 Å². The van der Waals surface area contributed by atoms with Gasteiger partial charge in [0.15, 0.2) is 0 Å². The van der Waals surface area contributed by atoms with Crippen molar-refractivity contribution in [3.63, 3.8) is 0 Å². The van der Waals surface area contributed by atoms with Crippen molar-refractivity contribution >= 4 is 32.3 Å². The third-order valence-corrected chi connectivity index (χ3v) is 5.51. The van der Waals surface area contributed by atoms with Gasteiger partial charge in [0.05, 0.1) is 0 Å². The van der Waals surface area contributed by atoms with E-state index in [9.17, 15) is 10.2 Å². The molecule has 1 aliphatic carbocycles. The van der Waals surface area contributed by atoms with Gasteiger partial charge in [0, 0.05) is 0 Å². The number of fused-ring (bicyclic) bond motifs is 4. The molecule has 6 rings (SSSR count). The summed E-state index contributed by atoms with van der Waals surface area (Å²) < 4.78 is 5.67. The first kappa shape index (κ1) is 12.3. The zero-order valence-corrected chi connectivity index (χ0v) is 12.2. The fourth-order valence-electron chi connectivity index (χ4n) is 4.40. The summed E-state index contributed by atoms with van der Waals surface area (Å²) in [6.07, 6.45) is -2.07. The molecular formula is C20H14O3. The molecule has 112 valence electrons. The summed E-state index contributed by atoms with van der Waals surface area (Å²) in [6, 6.07) is 16.9. The largest absolute Gasteiger partial charge is 0.387 e. The van der Waals surface area contributed by atoms with Crippen LogP contribution in [-0.4, -0.2) is 22.4 Å². The molecule has 1 fully saturated rings. The van der Waals surface area contributed by atoms with Crippen molar-refractivity contribution in [2.24, 2.45) is 0 Å². The second-order valence-electron chi connectivity index (χ2n) is 6.69. The molecule has 0 unspecified atom stereocenters. The highest BCUT2D eigenvalue weighted by atomic mass is 16.6. The van der Waals surface area contributed by atoms with Crippen molar-refractivity contribution in [2.75, 3.05) is 0 Å². The van der Waals surface area contributed by atoms with Crippen LogP contribution >= 0.6 is 0 Å². The fourth-order valence-corrected chi connectivity index (χ4v) is 4.40. The molecule has 4 aromatic rings. The number of ether oxygens (including phenoxy) is 1. The van der Waals surface area contributed by atoms with E-state index in [1.54, 1.807) is 0 Å². The Morgan fingerprint density at radius 1 is 0.826 bits per heavy atom. The highest BCUT2D eigenvalue weighted by Crippen LogP contribution is 2.54. The van der Waals surface area contributed by atoms with Gasteiger partial charge in [-0.15, -0.1) is 0 Å². The SMILES string of the molecule is O[C@H]1[C@@H]2O[C@H]2c2c(cc3ccc4cccc5ccc2c3c45)[C@H]1O. The maximum absolute atomic E-state index is 10.5. The van der Waals surface area contributed by atoms with Gasteiger partial charge in [0.1, 0.15) is 24.4 Å². The zero-order valence-electron chi connectivity index (χ0n) is 12.2. The molecule has 0 aromatic heterocycles. The first-order valence-corrected chi connectivity index (χ1v) is 7.96. The lowest BCUT2D eigenvalue weighted by atomic mass is 9.81. The molecule has 4 atom stereocenters. The average Bonchev–Trinajstić information content (AvgIpc) is 3.37. The highest BCUT2D eigenvalue weighted by molar-refractivity contribution is 6.23. The van der Waals surface area contributed by atoms with Crippen LogP contribution in [0.2, 0.25) is 0 Å². The smallest absolute Gasteiger partial charge is 0.118 e. The van der Waals surface area contributed by atoms with Crippen LogP contribution in [0.3, 0.4) is 0 Å². The maximum Gasteiger partial charge on any atom is 0.118 e. The number of hydrogen-bond acceptors (Lipinski definition) is 3. The Balaban J connectivity index is 1.86. The third-order valence-electron chi connectivity index (χ3n) is 5.51. The van der Waals surface area contributed by atoms with Gasteiger partial charge in [-0.3, -0.25) is 0 Å². The first-order valence-electron chi connectivity index (χ1n) is 7.96. The lowest BCUT2D eigenvalue weighted by molar-refractivity contribution is 0.000163. The van der Waals surface area contributed by atoms with Crippen LogP contribution in [0.4, 0.5) is 0 Å². The molecule has 1 heterocycles. The van der Waals surface area contributed by atoms with Gasteiger partial charge >= 0.3 is 0 Å². The highest BCUT2D eigenvalue weighted by Gasteiger charge is 2.54. The van der Waals surface area contributed by atoms with Crippen molar-refractivity contribution in [3.05, 3.63) is 59.7 Å². The summed E-state index contributed by atoms with van der Waals surface area (Å²) in [6.45, 7) is 0. The van der Waals surface area contributed by atoms with E-state index in [-0.39, 0.29) is 12.2 Å². The molecule has 0 amide bonds. The Morgan fingerprint density at radius 3 is 2.39 bits per heavy atom. The van der Waals surface area contributed by atoms with Crippen LogP contribution in [0.25, 0.3) is 32.3 Å². The van der Waals surface area contributed by atoms with Gasteiger partial charge in [-0.05, 0) is 49.5 Å². The summed E-state index contributed by atoms with van der Waals surface area (Å²) in [7, 11) is 0. The summed E-state index contributed by atoms with van der Waals surface area (Å²) in [5.74, 6) is 0. The molecule has 3 nitrogen and oxygen atoms in total. The van der Waals surface area contributed by atoms with E-state index >= 15 is 0 Å². The molecule has 0 radical (unpaired) electrons. The molecule has 0 saturated carbocycles. The van der Waals surface area contributed by atoms with E-state index in [4.69, 9.17) is 4.74 Å². The minimum atomic E-state index is -0.879. The Kier molecular flexibility index (Phi) is 2.03. The molecule has 0 spiro atoms. The Morgan fingerprint density at radius 2 is 1.57 bits per heavy atom. The van der Waals surface area contributed by atoms with E-state index < -0.39 is 12.2 Å². The molecule has 1 aliphatic heterocycles. The predicted molar refractivity (Wildman–Crippen MR) is 88.7 cm³/mol. The summed E-state index contributed by atoms with van der Waals surface area (Å²) in [5.41, 5.74) is 1.86. The number of aliphatic hydroxyl groups excluding tert-OH is 2. The minimum absolute atomic E-state index is 0.0898. The van der Waals surface area contributed by atoms with Gasteiger partial charge < -0.3 is 14.9 Å². The maximum atomic E-state index is 10.5. The van der Waals surface area contributed by atoms with Crippen LogP contribution in [-0.2, 0) is 4.74 Å². The van der Waals surface area contributed by atoms with Gasteiger partial charge in [-0.1, -0.05) is 42.5 Å². The number of hydrogen-bond donors (Lipinski definition) is 2. The van der Waals surface area contributed by atoms with Gasteiger partial charge in [-0.2, -0.15) is 0 Å². The van der Waals surface area contributed by atoms with Crippen molar-refractivity contribution in [3.8, 4) is 0 Å². The molecule has 1 saturated heterocycles. The number of epoxide rings is 1. The topological polar surface area (TPSA) is 53.0 Å². The summed E-state index contributed by atoms with van der Waals surface area (Å²) in [4.78, 5) is 0. The molecule has 2 N–H and O–H groups in total. The van der Waals surface area contributed by atoms with Crippen LogP contribution in [0.5, 0.6) is 0 Å². The predicted octanol–water partition coefficient (Wildman–Crippen LogP) is 3.43. The second kappa shape index (κ2) is 3.82. The number of benzene rings is 4. The van der Waals surface area contributed by atoms with Crippen molar-refractivity contribution in [2.45, 2.75) is 24.4 Å². The third kappa shape index (κ3) is 1.36. The Labute approximate surface area is 132 Å². The number of aliphatic hydroxyl groups is 2. The lowest BCUT2D eigenvalue weighted by Crippen LogP contribution is -2.29. The summed E-state index contributed by atoms with van der Waals surface area (Å²) >= 11 is 0. The Bertz CT molecular complexity index is 1080. The van der Waals surface area contributed by atoms with E-state index in [0.29, 0.717) is 0 Å². The van der Waals surface area contributed by atoms with Crippen LogP contribution < -0.4 is 0 Å². The molecule has 23 heavy (non-hydrogen) atoms. The first-order chi connectivity index (χ1) is 11.2. The van der Waals surface area contributed by atoms with Crippen LogP contribution in [0.15, 0.2) is 48.5 Å². The van der Waals surface area contributed by atoms with E-state index in [2.05, 4.69) is 42.5 Å². The minimum Gasteiger partial charge on any atom is -0.387 e. The van der Waals surface area contributed by atoms with Gasteiger partial charge in [0.25, 0.3) is 0 Å².